The molecule has 1 atom stereocenters. The van der Waals surface area contributed by atoms with Gasteiger partial charge in [0.25, 0.3) is 0 Å². The van der Waals surface area contributed by atoms with Gasteiger partial charge in [-0.15, -0.1) is 0 Å². The summed E-state index contributed by atoms with van der Waals surface area (Å²) in [6.45, 7) is 2.39. The smallest absolute Gasteiger partial charge is 0.0642 e. The summed E-state index contributed by atoms with van der Waals surface area (Å²) < 4.78 is 0. The van der Waals surface area contributed by atoms with Gasteiger partial charge in [-0.1, -0.05) is 12.5 Å². The average molecular weight is 217 g/mol. The number of hydrazine groups is 1. The highest BCUT2D eigenvalue weighted by Crippen LogP contribution is 2.29. The van der Waals surface area contributed by atoms with Crippen LogP contribution in [0, 0.1) is 0 Å². The highest BCUT2D eigenvalue weighted by molar-refractivity contribution is 5.27. The fourth-order valence-corrected chi connectivity index (χ4v) is 2.78. The third kappa shape index (κ3) is 1.97. The first-order valence-electron chi connectivity index (χ1n) is 6.38. The zero-order chi connectivity index (χ0) is 10.8. The van der Waals surface area contributed by atoms with Crippen LogP contribution in [0.2, 0.25) is 0 Å². The molecule has 0 amide bonds. The molecule has 3 nitrogen and oxygen atoms in total. The molecule has 1 aromatic rings. The second-order valence-corrected chi connectivity index (χ2v) is 4.82. The van der Waals surface area contributed by atoms with Gasteiger partial charge in [0.1, 0.15) is 0 Å². The number of aryl methyl sites for hydroxylation is 1. The minimum absolute atomic E-state index is 0.453. The second-order valence-electron chi connectivity index (χ2n) is 4.82. The number of pyridine rings is 1. The molecule has 0 spiro atoms. The summed E-state index contributed by atoms with van der Waals surface area (Å²) in [6, 6.07) is 4.71. The van der Waals surface area contributed by atoms with Crippen molar-refractivity contribution in [2.75, 3.05) is 13.1 Å². The van der Waals surface area contributed by atoms with Gasteiger partial charge in [-0.25, -0.2) is 10.4 Å². The van der Waals surface area contributed by atoms with Crippen molar-refractivity contribution in [3.05, 3.63) is 29.6 Å². The summed E-state index contributed by atoms with van der Waals surface area (Å²) in [6.07, 6.45) is 8.33. The van der Waals surface area contributed by atoms with E-state index in [-0.39, 0.29) is 0 Å². The van der Waals surface area contributed by atoms with Crippen LogP contribution in [-0.2, 0) is 6.42 Å². The Hall–Kier alpha value is -0.930. The van der Waals surface area contributed by atoms with Crippen molar-refractivity contribution in [2.45, 2.75) is 38.1 Å². The molecular formula is C13H19N3. The SMILES string of the molecule is c1cnc2c(c1)CCC2NN1CCCCC1. The van der Waals surface area contributed by atoms with E-state index in [1.807, 2.05) is 12.3 Å². The van der Waals surface area contributed by atoms with E-state index in [0.29, 0.717) is 6.04 Å². The largest absolute Gasteiger partial charge is 0.259 e. The Morgan fingerprint density at radius 3 is 3.00 bits per heavy atom. The van der Waals surface area contributed by atoms with Crippen LogP contribution < -0.4 is 5.43 Å². The Kier molecular flexibility index (Phi) is 2.89. The molecule has 0 aromatic carbocycles. The van der Waals surface area contributed by atoms with Gasteiger partial charge < -0.3 is 0 Å². The summed E-state index contributed by atoms with van der Waals surface area (Å²) in [7, 11) is 0. The van der Waals surface area contributed by atoms with E-state index in [1.165, 1.54) is 56.5 Å². The lowest BCUT2D eigenvalue weighted by Gasteiger charge is -2.30. The Labute approximate surface area is 96.8 Å². The topological polar surface area (TPSA) is 28.2 Å². The molecule has 0 saturated carbocycles. The number of aromatic nitrogens is 1. The van der Waals surface area contributed by atoms with Gasteiger partial charge in [0, 0.05) is 19.3 Å². The monoisotopic (exact) mass is 217 g/mol. The Bertz CT molecular complexity index is 358. The summed E-state index contributed by atoms with van der Waals surface area (Å²) in [5.41, 5.74) is 6.34. The van der Waals surface area contributed by atoms with Crippen molar-refractivity contribution in [3.63, 3.8) is 0 Å². The van der Waals surface area contributed by atoms with E-state index in [0.717, 1.165) is 0 Å². The molecule has 2 heterocycles. The molecule has 2 aliphatic rings. The molecule has 3 heteroatoms. The number of fused-ring (bicyclic) bond motifs is 1. The first-order valence-corrected chi connectivity index (χ1v) is 6.38. The fourth-order valence-electron chi connectivity index (χ4n) is 2.78. The predicted octanol–water partition coefficient (Wildman–Crippen LogP) is 2.06. The summed E-state index contributed by atoms with van der Waals surface area (Å²) in [4.78, 5) is 4.52. The summed E-state index contributed by atoms with van der Waals surface area (Å²) in [5.74, 6) is 0. The van der Waals surface area contributed by atoms with E-state index in [4.69, 9.17) is 0 Å². The van der Waals surface area contributed by atoms with E-state index < -0.39 is 0 Å². The third-order valence-corrected chi connectivity index (χ3v) is 3.65. The van der Waals surface area contributed by atoms with Gasteiger partial charge in [0.15, 0.2) is 0 Å². The number of hydrogen-bond donors (Lipinski definition) is 1. The van der Waals surface area contributed by atoms with Crippen molar-refractivity contribution in [1.29, 1.82) is 0 Å². The molecule has 0 bridgehead atoms. The molecule has 1 saturated heterocycles. The number of nitrogens with zero attached hydrogens (tertiary/aromatic N) is 2. The van der Waals surface area contributed by atoms with Crippen LogP contribution in [-0.4, -0.2) is 23.1 Å². The van der Waals surface area contributed by atoms with E-state index >= 15 is 0 Å². The lowest BCUT2D eigenvalue weighted by atomic mass is 10.1. The molecule has 1 unspecified atom stereocenters. The van der Waals surface area contributed by atoms with Crippen molar-refractivity contribution < 1.29 is 0 Å². The summed E-state index contributed by atoms with van der Waals surface area (Å²) in [5, 5.41) is 2.39. The van der Waals surface area contributed by atoms with Crippen LogP contribution in [0.15, 0.2) is 18.3 Å². The normalized spacial score (nSPS) is 25.6. The molecule has 1 aromatic heterocycles. The maximum atomic E-state index is 4.52. The average Bonchev–Trinajstić information content (AvgIpc) is 2.74. The number of rotatable bonds is 2. The first kappa shape index (κ1) is 10.2. The zero-order valence-corrected chi connectivity index (χ0v) is 9.65. The van der Waals surface area contributed by atoms with Crippen molar-refractivity contribution in [3.8, 4) is 0 Å². The molecule has 0 radical (unpaired) electrons. The molecule has 86 valence electrons. The van der Waals surface area contributed by atoms with Gasteiger partial charge in [0.2, 0.25) is 0 Å². The van der Waals surface area contributed by atoms with Gasteiger partial charge >= 0.3 is 0 Å². The molecule has 1 fully saturated rings. The van der Waals surface area contributed by atoms with Gasteiger partial charge in [-0.2, -0.15) is 0 Å². The van der Waals surface area contributed by atoms with Crippen LogP contribution in [0.25, 0.3) is 0 Å². The van der Waals surface area contributed by atoms with Gasteiger partial charge in [-0.3, -0.25) is 4.98 Å². The Morgan fingerprint density at radius 2 is 2.12 bits per heavy atom. The van der Waals surface area contributed by atoms with Gasteiger partial charge in [-0.05, 0) is 37.3 Å². The first-order chi connectivity index (χ1) is 7.93. The number of piperidine rings is 1. The second kappa shape index (κ2) is 4.52. The number of hydrogen-bond acceptors (Lipinski definition) is 3. The fraction of sp³-hybridized carbons (Fsp3) is 0.615. The van der Waals surface area contributed by atoms with Crippen molar-refractivity contribution in [2.24, 2.45) is 0 Å². The highest BCUT2D eigenvalue weighted by Gasteiger charge is 2.25. The van der Waals surface area contributed by atoms with Crippen LogP contribution in [0.1, 0.15) is 43.0 Å². The number of nitrogens with one attached hydrogen (secondary N) is 1. The third-order valence-electron chi connectivity index (χ3n) is 3.65. The summed E-state index contributed by atoms with van der Waals surface area (Å²) >= 11 is 0. The zero-order valence-electron chi connectivity index (χ0n) is 9.65. The van der Waals surface area contributed by atoms with Crippen LogP contribution in [0.3, 0.4) is 0 Å². The predicted molar refractivity (Wildman–Crippen MR) is 63.9 cm³/mol. The Morgan fingerprint density at radius 1 is 1.25 bits per heavy atom. The van der Waals surface area contributed by atoms with E-state index in [2.05, 4.69) is 21.5 Å². The molecule has 1 aliphatic heterocycles. The lowest BCUT2D eigenvalue weighted by Crippen LogP contribution is -2.43. The maximum absolute atomic E-state index is 4.52. The molecule has 1 N–H and O–H groups in total. The highest BCUT2D eigenvalue weighted by atomic mass is 15.5. The molecule has 1 aliphatic carbocycles. The quantitative estimate of drug-likeness (QED) is 0.822. The maximum Gasteiger partial charge on any atom is 0.0642 e. The van der Waals surface area contributed by atoms with Crippen molar-refractivity contribution >= 4 is 0 Å². The molecular weight excluding hydrogens is 198 g/mol. The van der Waals surface area contributed by atoms with E-state index in [1.54, 1.807) is 0 Å². The van der Waals surface area contributed by atoms with Crippen LogP contribution in [0.5, 0.6) is 0 Å². The van der Waals surface area contributed by atoms with Crippen molar-refractivity contribution in [1.82, 2.24) is 15.4 Å². The van der Waals surface area contributed by atoms with Crippen LogP contribution in [0.4, 0.5) is 0 Å². The van der Waals surface area contributed by atoms with Crippen LogP contribution >= 0.6 is 0 Å². The van der Waals surface area contributed by atoms with E-state index in [9.17, 15) is 0 Å². The minimum Gasteiger partial charge on any atom is -0.259 e. The molecule has 3 rings (SSSR count). The lowest BCUT2D eigenvalue weighted by molar-refractivity contribution is 0.127. The standard InChI is InChI=1S/C13H19N3/c1-2-9-16(10-3-1)15-12-7-6-11-5-4-8-14-13(11)12/h4-5,8,12,15H,1-3,6-7,9-10H2. The minimum atomic E-state index is 0.453. The van der Waals surface area contributed by atoms with Gasteiger partial charge in [0.05, 0.1) is 11.7 Å². The Balaban J connectivity index is 1.68. The molecule has 16 heavy (non-hydrogen) atoms.